The lowest BCUT2D eigenvalue weighted by Crippen LogP contribution is -2.05. The summed E-state index contributed by atoms with van der Waals surface area (Å²) < 4.78 is 1.60. The first-order valence-corrected chi connectivity index (χ1v) is 4.46. The molecule has 0 saturated carbocycles. The van der Waals surface area contributed by atoms with Crippen LogP contribution < -0.4 is 5.32 Å². The number of aromatic carboxylic acids is 1. The number of aryl methyl sites for hydroxylation is 1. The van der Waals surface area contributed by atoms with Gasteiger partial charge in [-0.3, -0.25) is 4.68 Å². The zero-order chi connectivity index (χ0) is 11.5. The number of hydrogen-bond donors (Lipinski definition) is 2. The molecule has 0 atom stereocenters. The van der Waals surface area contributed by atoms with Crippen LogP contribution in [0.4, 0.5) is 11.4 Å². The minimum absolute atomic E-state index is 0.0705. The van der Waals surface area contributed by atoms with Crippen molar-refractivity contribution in [3.63, 3.8) is 0 Å². The standard InChI is InChI=1S/C9H9N5O2/c1-14-4-6(2-12-14)13-7-3-10-5-11-8(7)9(15)16/h2-5,13H,1H3,(H,15,16). The van der Waals surface area contributed by atoms with Gasteiger partial charge >= 0.3 is 5.97 Å². The van der Waals surface area contributed by atoms with Crippen molar-refractivity contribution in [3.8, 4) is 0 Å². The molecule has 0 amide bonds. The Morgan fingerprint density at radius 2 is 2.31 bits per heavy atom. The maximum Gasteiger partial charge on any atom is 0.356 e. The number of nitrogens with one attached hydrogen (secondary N) is 1. The van der Waals surface area contributed by atoms with E-state index in [-0.39, 0.29) is 5.69 Å². The van der Waals surface area contributed by atoms with Crippen LogP contribution in [0, 0.1) is 0 Å². The smallest absolute Gasteiger partial charge is 0.356 e. The van der Waals surface area contributed by atoms with Crippen LogP contribution in [0.5, 0.6) is 0 Å². The Morgan fingerprint density at radius 3 is 2.94 bits per heavy atom. The zero-order valence-electron chi connectivity index (χ0n) is 8.45. The van der Waals surface area contributed by atoms with Crippen LogP contribution in [0.1, 0.15) is 10.5 Å². The van der Waals surface area contributed by atoms with E-state index in [1.54, 1.807) is 24.1 Å². The number of carboxylic acids is 1. The zero-order valence-corrected chi connectivity index (χ0v) is 8.45. The highest BCUT2D eigenvalue weighted by molar-refractivity contribution is 5.92. The highest BCUT2D eigenvalue weighted by Gasteiger charge is 2.11. The third kappa shape index (κ3) is 1.97. The Bertz CT molecular complexity index is 522. The Hall–Kier alpha value is -2.44. The van der Waals surface area contributed by atoms with Gasteiger partial charge in [-0.25, -0.2) is 14.8 Å². The summed E-state index contributed by atoms with van der Waals surface area (Å²) in [5.41, 5.74) is 0.946. The van der Waals surface area contributed by atoms with Gasteiger partial charge in [0.2, 0.25) is 0 Å². The molecule has 0 fully saturated rings. The molecule has 0 aliphatic carbocycles. The van der Waals surface area contributed by atoms with Crippen LogP contribution in [0.15, 0.2) is 24.9 Å². The average molecular weight is 219 g/mol. The summed E-state index contributed by atoms with van der Waals surface area (Å²) in [5.74, 6) is -1.10. The number of carboxylic acid groups (broad SMARTS) is 1. The Kier molecular flexibility index (Phi) is 2.50. The molecule has 82 valence electrons. The third-order valence-corrected chi connectivity index (χ3v) is 1.90. The van der Waals surface area contributed by atoms with Gasteiger partial charge in [0, 0.05) is 13.2 Å². The molecule has 2 aromatic heterocycles. The Balaban J connectivity index is 2.31. The third-order valence-electron chi connectivity index (χ3n) is 1.90. The van der Waals surface area contributed by atoms with Crippen molar-refractivity contribution < 1.29 is 9.90 Å². The predicted octanol–water partition coefficient (Wildman–Crippen LogP) is 0.652. The van der Waals surface area contributed by atoms with E-state index < -0.39 is 5.97 Å². The van der Waals surface area contributed by atoms with Gasteiger partial charge in [0.25, 0.3) is 0 Å². The summed E-state index contributed by atoms with van der Waals surface area (Å²) in [4.78, 5) is 18.3. The van der Waals surface area contributed by atoms with Crippen molar-refractivity contribution in [2.45, 2.75) is 0 Å². The molecule has 7 nitrogen and oxygen atoms in total. The van der Waals surface area contributed by atoms with E-state index in [1.165, 1.54) is 12.5 Å². The molecule has 2 heterocycles. The molecule has 0 bridgehead atoms. The first-order valence-electron chi connectivity index (χ1n) is 4.46. The van der Waals surface area contributed by atoms with E-state index in [2.05, 4.69) is 20.4 Å². The van der Waals surface area contributed by atoms with Crippen molar-refractivity contribution in [2.75, 3.05) is 5.32 Å². The van der Waals surface area contributed by atoms with Gasteiger partial charge in [-0.15, -0.1) is 0 Å². The monoisotopic (exact) mass is 219 g/mol. The molecular weight excluding hydrogens is 210 g/mol. The summed E-state index contributed by atoms with van der Waals surface area (Å²) in [5, 5.41) is 15.7. The maximum absolute atomic E-state index is 10.9. The van der Waals surface area contributed by atoms with Gasteiger partial charge in [-0.1, -0.05) is 0 Å². The number of nitrogens with zero attached hydrogens (tertiary/aromatic N) is 4. The van der Waals surface area contributed by atoms with Crippen LogP contribution in [0.3, 0.4) is 0 Å². The predicted molar refractivity (Wildman–Crippen MR) is 55.5 cm³/mol. The van der Waals surface area contributed by atoms with Crippen LogP contribution in [0.25, 0.3) is 0 Å². The van der Waals surface area contributed by atoms with Crippen LogP contribution in [0.2, 0.25) is 0 Å². The second kappa shape index (κ2) is 3.97. The summed E-state index contributed by atoms with van der Waals surface area (Å²) in [6, 6.07) is 0. The van der Waals surface area contributed by atoms with Gasteiger partial charge < -0.3 is 10.4 Å². The molecule has 2 rings (SSSR count). The van der Waals surface area contributed by atoms with E-state index in [1.807, 2.05) is 0 Å². The van der Waals surface area contributed by atoms with Crippen molar-refractivity contribution in [1.82, 2.24) is 19.7 Å². The maximum atomic E-state index is 10.9. The van der Waals surface area contributed by atoms with Crippen LogP contribution >= 0.6 is 0 Å². The number of carbonyl (C=O) groups is 1. The lowest BCUT2D eigenvalue weighted by molar-refractivity contribution is 0.0691. The quantitative estimate of drug-likeness (QED) is 0.787. The lowest BCUT2D eigenvalue weighted by atomic mass is 10.3. The molecule has 0 aromatic carbocycles. The van der Waals surface area contributed by atoms with E-state index >= 15 is 0 Å². The SMILES string of the molecule is Cn1cc(Nc2cncnc2C(=O)O)cn1. The van der Waals surface area contributed by atoms with Crippen LogP contribution in [-0.2, 0) is 7.05 Å². The molecule has 0 spiro atoms. The Morgan fingerprint density at radius 1 is 1.50 bits per heavy atom. The number of hydrogen-bond acceptors (Lipinski definition) is 5. The van der Waals surface area contributed by atoms with Gasteiger partial charge in [0.15, 0.2) is 5.69 Å². The molecule has 2 aromatic rings. The fraction of sp³-hybridized carbons (Fsp3) is 0.111. The van der Waals surface area contributed by atoms with E-state index in [4.69, 9.17) is 5.11 Å². The highest BCUT2D eigenvalue weighted by Crippen LogP contribution is 2.17. The summed E-state index contributed by atoms with van der Waals surface area (Å²) in [7, 11) is 1.77. The van der Waals surface area contributed by atoms with Gasteiger partial charge in [-0.2, -0.15) is 5.10 Å². The molecule has 16 heavy (non-hydrogen) atoms. The fourth-order valence-corrected chi connectivity index (χ4v) is 1.23. The van der Waals surface area contributed by atoms with E-state index in [0.717, 1.165) is 0 Å². The molecule has 0 unspecified atom stereocenters. The van der Waals surface area contributed by atoms with Gasteiger partial charge in [-0.05, 0) is 0 Å². The molecule has 2 N–H and O–H groups in total. The first-order chi connectivity index (χ1) is 7.66. The van der Waals surface area contributed by atoms with Crippen molar-refractivity contribution in [3.05, 3.63) is 30.6 Å². The molecule has 0 radical (unpaired) electrons. The minimum atomic E-state index is -1.10. The van der Waals surface area contributed by atoms with E-state index in [9.17, 15) is 4.79 Å². The second-order valence-corrected chi connectivity index (χ2v) is 3.12. The number of rotatable bonds is 3. The normalized spacial score (nSPS) is 10.1. The summed E-state index contributed by atoms with van der Waals surface area (Å²) >= 11 is 0. The highest BCUT2D eigenvalue weighted by atomic mass is 16.4. The molecular formula is C9H9N5O2. The topological polar surface area (TPSA) is 92.9 Å². The lowest BCUT2D eigenvalue weighted by Gasteiger charge is -2.04. The first kappa shape index (κ1) is 10.1. The molecule has 0 aliphatic rings. The minimum Gasteiger partial charge on any atom is -0.476 e. The molecule has 7 heteroatoms. The van der Waals surface area contributed by atoms with Gasteiger partial charge in [0.1, 0.15) is 6.33 Å². The fourth-order valence-electron chi connectivity index (χ4n) is 1.23. The van der Waals surface area contributed by atoms with Crippen molar-refractivity contribution in [2.24, 2.45) is 7.05 Å². The molecule has 0 saturated heterocycles. The number of aromatic nitrogens is 4. The van der Waals surface area contributed by atoms with Crippen molar-refractivity contribution >= 4 is 17.3 Å². The molecule has 0 aliphatic heterocycles. The van der Waals surface area contributed by atoms with Gasteiger partial charge in [0.05, 0.1) is 23.8 Å². The number of anilines is 2. The second-order valence-electron chi connectivity index (χ2n) is 3.12. The van der Waals surface area contributed by atoms with Crippen LogP contribution in [-0.4, -0.2) is 30.8 Å². The Labute approximate surface area is 90.8 Å². The summed E-state index contributed by atoms with van der Waals surface area (Å²) in [6.07, 6.45) is 5.90. The van der Waals surface area contributed by atoms with Crippen molar-refractivity contribution in [1.29, 1.82) is 0 Å². The largest absolute Gasteiger partial charge is 0.476 e. The average Bonchev–Trinajstić information content (AvgIpc) is 2.64. The van der Waals surface area contributed by atoms with E-state index in [0.29, 0.717) is 11.4 Å². The summed E-state index contributed by atoms with van der Waals surface area (Å²) in [6.45, 7) is 0.